The molecule has 1 rings (SSSR count). The molecule has 0 saturated carbocycles. The van der Waals surface area contributed by atoms with Gasteiger partial charge in [0, 0.05) is 11.3 Å². The van der Waals surface area contributed by atoms with Crippen molar-refractivity contribution in [3.05, 3.63) is 47.2 Å². The first-order valence-electron chi connectivity index (χ1n) is 5.09. The maximum atomic E-state index is 5.54. The zero-order chi connectivity index (χ0) is 11.3. The van der Waals surface area contributed by atoms with Gasteiger partial charge in [-0.15, -0.1) is 5.92 Å². The molecule has 15 heavy (non-hydrogen) atoms. The lowest BCUT2D eigenvalue weighted by molar-refractivity contribution is 0.929. The molecule has 0 bridgehead atoms. The van der Waals surface area contributed by atoms with Crippen LogP contribution in [0.2, 0.25) is 0 Å². The third-order valence-electron chi connectivity index (χ3n) is 2.29. The maximum absolute atomic E-state index is 5.54. The van der Waals surface area contributed by atoms with Gasteiger partial charge >= 0.3 is 0 Å². The van der Waals surface area contributed by atoms with Crippen LogP contribution in [0.15, 0.2) is 30.5 Å². The fourth-order valence-electron chi connectivity index (χ4n) is 1.46. The van der Waals surface area contributed by atoms with Gasteiger partial charge < -0.3 is 5.73 Å². The van der Waals surface area contributed by atoms with E-state index >= 15 is 0 Å². The topological polar surface area (TPSA) is 26.0 Å². The Morgan fingerprint density at radius 2 is 2.20 bits per heavy atom. The van der Waals surface area contributed by atoms with Crippen molar-refractivity contribution in [2.45, 2.75) is 26.7 Å². The predicted molar refractivity (Wildman–Crippen MR) is 65.4 cm³/mol. The normalized spacial score (nSPS) is 9.20. The molecule has 0 atom stereocenters. The molecule has 0 aromatic heterocycles. The number of hydrogen-bond donors (Lipinski definition) is 1. The zero-order valence-corrected chi connectivity index (χ0v) is 9.43. The minimum absolute atomic E-state index is 0.741. The Bertz CT molecular complexity index is 419. The number of benzene rings is 1. The van der Waals surface area contributed by atoms with E-state index in [1.165, 1.54) is 11.1 Å². The van der Waals surface area contributed by atoms with Crippen LogP contribution >= 0.6 is 0 Å². The van der Waals surface area contributed by atoms with Gasteiger partial charge in [-0.3, -0.25) is 0 Å². The quantitative estimate of drug-likeness (QED) is 0.744. The highest BCUT2D eigenvalue weighted by Gasteiger charge is 1.98. The number of aryl methyl sites for hydroxylation is 2. The number of nitrogens with two attached hydrogens (primary N) is 1. The van der Waals surface area contributed by atoms with Gasteiger partial charge in [0.15, 0.2) is 0 Å². The van der Waals surface area contributed by atoms with E-state index in [1.54, 1.807) is 0 Å². The van der Waals surface area contributed by atoms with Crippen LogP contribution in [0.4, 0.5) is 0 Å². The standard InChI is InChI=1S/C14H17N/c1-4-5-14-9-8-13(10-11(14)2)7-6-12(3)15/h8-10H,3,6-7,15H2,1-2H3. The summed E-state index contributed by atoms with van der Waals surface area (Å²) in [7, 11) is 0. The Morgan fingerprint density at radius 1 is 1.47 bits per heavy atom. The highest BCUT2D eigenvalue weighted by molar-refractivity contribution is 5.42. The summed E-state index contributed by atoms with van der Waals surface area (Å²) in [5.41, 5.74) is 9.90. The molecule has 0 aliphatic rings. The van der Waals surface area contributed by atoms with Crippen LogP contribution in [0.25, 0.3) is 0 Å². The lowest BCUT2D eigenvalue weighted by atomic mass is 10.0. The van der Waals surface area contributed by atoms with Gasteiger partial charge in [-0.1, -0.05) is 24.6 Å². The molecule has 0 heterocycles. The summed E-state index contributed by atoms with van der Waals surface area (Å²) in [5.74, 6) is 5.99. The van der Waals surface area contributed by atoms with Crippen LogP contribution < -0.4 is 5.73 Å². The van der Waals surface area contributed by atoms with Gasteiger partial charge in [-0.2, -0.15) is 0 Å². The van der Waals surface area contributed by atoms with E-state index < -0.39 is 0 Å². The summed E-state index contributed by atoms with van der Waals surface area (Å²) in [6.07, 6.45) is 1.80. The lowest BCUT2D eigenvalue weighted by Crippen LogP contribution is -1.97. The van der Waals surface area contributed by atoms with Crippen molar-refractivity contribution in [2.24, 2.45) is 5.73 Å². The fourth-order valence-corrected chi connectivity index (χ4v) is 1.46. The van der Waals surface area contributed by atoms with Crippen LogP contribution in [-0.2, 0) is 6.42 Å². The molecule has 78 valence electrons. The van der Waals surface area contributed by atoms with Crippen molar-refractivity contribution in [1.82, 2.24) is 0 Å². The van der Waals surface area contributed by atoms with E-state index in [-0.39, 0.29) is 0 Å². The first kappa shape index (κ1) is 11.4. The number of rotatable bonds is 3. The highest BCUT2D eigenvalue weighted by Crippen LogP contribution is 2.12. The Hall–Kier alpha value is -1.68. The fraction of sp³-hybridized carbons (Fsp3) is 0.286. The minimum atomic E-state index is 0.741. The first-order chi connectivity index (χ1) is 7.13. The van der Waals surface area contributed by atoms with Crippen molar-refractivity contribution >= 4 is 0 Å². The number of hydrogen-bond acceptors (Lipinski definition) is 1. The average Bonchev–Trinajstić information content (AvgIpc) is 2.19. The molecular weight excluding hydrogens is 182 g/mol. The van der Waals surface area contributed by atoms with Gasteiger partial charge in [0.05, 0.1) is 0 Å². The van der Waals surface area contributed by atoms with E-state index in [1.807, 2.05) is 6.92 Å². The van der Waals surface area contributed by atoms with Crippen LogP contribution in [-0.4, -0.2) is 0 Å². The van der Waals surface area contributed by atoms with E-state index in [0.29, 0.717) is 0 Å². The monoisotopic (exact) mass is 199 g/mol. The molecule has 1 heteroatoms. The van der Waals surface area contributed by atoms with Crippen molar-refractivity contribution < 1.29 is 0 Å². The summed E-state index contributed by atoms with van der Waals surface area (Å²) in [4.78, 5) is 0. The molecule has 1 aromatic rings. The SMILES string of the molecule is C=C(N)CCc1ccc(C#CC)c(C)c1. The number of allylic oxidation sites excluding steroid dienone is 1. The predicted octanol–water partition coefficient (Wildman–Crippen LogP) is 2.77. The second-order valence-electron chi connectivity index (χ2n) is 3.68. The third kappa shape index (κ3) is 3.52. The Balaban J connectivity index is 2.80. The summed E-state index contributed by atoms with van der Waals surface area (Å²) < 4.78 is 0. The van der Waals surface area contributed by atoms with Crippen LogP contribution in [0.3, 0.4) is 0 Å². The Labute approximate surface area is 92.0 Å². The highest BCUT2D eigenvalue weighted by atomic mass is 14.5. The van der Waals surface area contributed by atoms with Crippen molar-refractivity contribution in [2.75, 3.05) is 0 Å². The smallest absolute Gasteiger partial charge is 0.0274 e. The van der Waals surface area contributed by atoms with Gasteiger partial charge in [-0.05, 0) is 43.9 Å². The Kier molecular flexibility index (Phi) is 4.00. The van der Waals surface area contributed by atoms with E-state index in [0.717, 1.165) is 24.1 Å². The molecule has 0 radical (unpaired) electrons. The van der Waals surface area contributed by atoms with Crippen LogP contribution in [0, 0.1) is 18.8 Å². The first-order valence-corrected chi connectivity index (χ1v) is 5.09. The molecule has 0 unspecified atom stereocenters. The Morgan fingerprint density at radius 3 is 2.73 bits per heavy atom. The molecule has 0 fully saturated rings. The molecule has 2 N–H and O–H groups in total. The van der Waals surface area contributed by atoms with Gasteiger partial charge in [-0.25, -0.2) is 0 Å². The summed E-state index contributed by atoms with van der Waals surface area (Å²) in [6, 6.07) is 6.35. The molecule has 0 spiro atoms. The van der Waals surface area contributed by atoms with E-state index in [2.05, 4.69) is 43.5 Å². The summed E-state index contributed by atoms with van der Waals surface area (Å²) >= 11 is 0. The second kappa shape index (κ2) is 5.26. The molecule has 1 aromatic carbocycles. The molecular formula is C14H17N. The molecule has 0 amide bonds. The maximum Gasteiger partial charge on any atom is 0.0274 e. The zero-order valence-electron chi connectivity index (χ0n) is 9.43. The minimum Gasteiger partial charge on any atom is -0.403 e. The van der Waals surface area contributed by atoms with Gasteiger partial charge in [0.25, 0.3) is 0 Å². The molecule has 0 aliphatic heterocycles. The molecule has 0 aliphatic carbocycles. The van der Waals surface area contributed by atoms with Crippen molar-refractivity contribution in [3.8, 4) is 11.8 Å². The third-order valence-corrected chi connectivity index (χ3v) is 2.29. The van der Waals surface area contributed by atoms with Crippen molar-refractivity contribution in [3.63, 3.8) is 0 Å². The molecule has 0 saturated heterocycles. The van der Waals surface area contributed by atoms with Crippen LogP contribution in [0.1, 0.15) is 30.0 Å². The van der Waals surface area contributed by atoms with Gasteiger partial charge in [0.2, 0.25) is 0 Å². The van der Waals surface area contributed by atoms with Crippen LogP contribution in [0.5, 0.6) is 0 Å². The summed E-state index contributed by atoms with van der Waals surface area (Å²) in [6.45, 7) is 7.63. The molecule has 1 nitrogen and oxygen atoms in total. The van der Waals surface area contributed by atoms with Gasteiger partial charge in [0.1, 0.15) is 0 Å². The average molecular weight is 199 g/mol. The van der Waals surface area contributed by atoms with Crippen molar-refractivity contribution in [1.29, 1.82) is 0 Å². The van der Waals surface area contributed by atoms with E-state index in [9.17, 15) is 0 Å². The largest absolute Gasteiger partial charge is 0.403 e. The second-order valence-corrected chi connectivity index (χ2v) is 3.68. The lowest BCUT2D eigenvalue weighted by Gasteiger charge is -2.04. The summed E-state index contributed by atoms with van der Waals surface area (Å²) in [5, 5.41) is 0. The van der Waals surface area contributed by atoms with E-state index in [4.69, 9.17) is 5.73 Å².